The number of allylic oxidation sites excluding steroid dienone is 1. The van der Waals surface area contributed by atoms with Crippen LogP contribution in [-0.4, -0.2) is 9.59 Å². The van der Waals surface area contributed by atoms with Crippen molar-refractivity contribution < 1.29 is 0 Å². The van der Waals surface area contributed by atoms with E-state index in [-0.39, 0.29) is 11.5 Å². The SMILES string of the molecule is C=CCCC(N)c1snnc1C(C)(C)C. The van der Waals surface area contributed by atoms with E-state index in [4.69, 9.17) is 5.73 Å². The number of hydrogen-bond donors (Lipinski definition) is 1. The zero-order chi connectivity index (χ0) is 11.5. The van der Waals surface area contributed by atoms with E-state index >= 15 is 0 Å². The number of hydrogen-bond acceptors (Lipinski definition) is 4. The summed E-state index contributed by atoms with van der Waals surface area (Å²) >= 11 is 1.41. The van der Waals surface area contributed by atoms with Crippen molar-refractivity contribution in [2.24, 2.45) is 5.73 Å². The van der Waals surface area contributed by atoms with Gasteiger partial charge in [0.1, 0.15) is 0 Å². The average molecular weight is 225 g/mol. The van der Waals surface area contributed by atoms with Crippen LogP contribution < -0.4 is 5.73 Å². The minimum absolute atomic E-state index is 0.0220. The van der Waals surface area contributed by atoms with Crippen molar-refractivity contribution in [3.63, 3.8) is 0 Å². The van der Waals surface area contributed by atoms with Gasteiger partial charge in [-0.1, -0.05) is 31.3 Å². The van der Waals surface area contributed by atoms with E-state index in [0.29, 0.717) is 0 Å². The lowest BCUT2D eigenvalue weighted by Crippen LogP contribution is -2.18. The number of aromatic nitrogens is 2. The van der Waals surface area contributed by atoms with Crippen molar-refractivity contribution in [2.45, 2.75) is 45.1 Å². The summed E-state index contributed by atoms with van der Waals surface area (Å²) in [7, 11) is 0. The van der Waals surface area contributed by atoms with Gasteiger partial charge in [-0.15, -0.1) is 11.7 Å². The predicted octanol–water partition coefficient (Wildman–Crippen LogP) is 2.80. The van der Waals surface area contributed by atoms with Crippen LogP contribution in [-0.2, 0) is 5.41 Å². The fourth-order valence-electron chi connectivity index (χ4n) is 1.39. The van der Waals surface area contributed by atoms with Gasteiger partial charge in [-0.2, -0.15) is 0 Å². The number of rotatable bonds is 4. The molecule has 1 aromatic heterocycles. The van der Waals surface area contributed by atoms with Gasteiger partial charge in [0, 0.05) is 11.5 Å². The minimum atomic E-state index is 0.0220. The molecule has 0 bridgehead atoms. The first-order valence-corrected chi connectivity index (χ1v) is 5.93. The van der Waals surface area contributed by atoms with E-state index in [0.717, 1.165) is 23.4 Å². The lowest BCUT2D eigenvalue weighted by atomic mass is 9.89. The first-order valence-electron chi connectivity index (χ1n) is 5.16. The normalized spacial score (nSPS) is 13.9. The largest absolute Gasteiger partial charge is 0.323 e. The third-order valence-corrected chi connectivity index (χ3v) is 3.10. The molecule has 84 valence electrons. The molecule has 3 nitrogen and oxygen atoms in total. The van der Waals surface area contributed by atoms with Crippen molar-refractivity contribution in [1.82, 2.24) is 9.59 Å². The molecule has 0 radical (unpaired) electrons. The van der Waals surface area contributed by atoms with Crippen molar-refractivity contribution in [1.29, 1.82) is 0 Å². The number of nitrogens with two attached hydrogens (primary N) is 1. The molecule has 1 heterocycles. The molecule has 1 aromatic rings. The zero-order valence-corrected chi connectivity index (χ0v) is 10.5. The molecule has 0 saturated carbocycles. The molecule has 0 fully saturated rings. The molecule has 0 aliphatic carbocycles. The maximum absolute atomic E-state index is 6.11. The van der Waals surface area contributed by atoms with Crippen LogP contribution in [0.25, 0.3) is 0 Å². The van der Waals surface area contributed by atoms with Gasteiger partial charge in [-0.25, -0.2) is 0 Å². The van der Waals surface area contributed by atoms with Gasteiger partial charge < -0.3 is 5.73 Å². The first kappa shape index (κ1) is 12.3. The van der Waals surface area contributed by atoms with E-state index < -0.39 is 0 Å². The second-order valence-electron chi connectivity index (χ2n) is 4.71. The molecule has 0 aliphatic heterocycles. The van der Waals surface area contributed by atoms with Crippen LogP contribution in [0.2, 0.25) is 0 Å². The Morgan fingerprint density at radius 2 is 2.20 bits per heavy atom. The van der Waals surface area contributed by atoms with Crippen LogP contribution in [0.1, 0.15) is 50.2 Å². The molecular formula is C11H19N3S. The van der Waals surface area contributed by atoms with Crippen LogP contribution in [0.4, 0.5) is 0 Å². The summed E-state index contributed by atoms with van der Waals surface area (Å²) in [6.07, 6.45) is 3.74. The lowest BCUT2D eigenvalue weighted by molar-refractivity contribution is 0.545. The quantitative estimate of drug-likeness (QED) is 0.802. The Hall–Kier alpha value is -0.740. The molecule has 4 heteroatoms. The fraction of sp³-hybridized carbons (Fsp3) is 0.636. The number of nitrogens with zero attached hydrogens (tertiary/aromatic N) is 2. The highest BCUT2D eigenvalue weighted by atomic mass is 32.1. The van der Waals surface area contributed by atoms with Crippen LogP contribution in [0.15, 0.2) is 12.7 Å². The molecule has 15 heavy (non-hydrogen) atoms. The average Bonchev–Trinajstić information content (AvgIpc) is 2.61. The van der Waals surface area contributed by atoms with Crippen LogP contribution >= 0.6 is 11.5 Å². The zero-order valence-electron chi connectivity index (χ0n) is 9.66. The molecule has 0 spiro atoms. The van der Waals surface area contributed by atoms with E-state index in [9.17, 15) is 0 Å². The summed E-state index contributed by atoms with van der Waals surface area (Å²) in [4.78, 5) is 1.12. The summed E-state index contributed by atoms with van der Waals surface area (Å²) in [6.45, 7) is 10.1. The Labute approximate surface area is 95.6 Å². The molecule has 1 unspecified atom stereocenters. The molecule has 1 atom stereocenters. The van der Waals surface area contributed by atoms with Crippen molar-refractivity contribution in [3.8, 4) is 0 Å². The van der Waals surface area contributed by atoms with Crippen molar-refractivity contribution in [2.75, 3.05) is 0 Å². The maximum atomic E-state index is 6.11. The predicted molar refractivity (Wildman–Crippen MR) is 65.0 cm³/mol. The maximum Gasteiger partial charge on any atom is 0.0856 e. The lowest BCUT2D eigenvalue weighted by Gasteiger charge is -2.19. The highest BCUT2D eigenvalue weighted by Crippen LogP contribution is 2.30. The van der Waals surface area contributed by atoms with Gasteiger partial charge in [-0.3, -0.25) is 0 Å². The Bertz CT molecular complexity index is 325. The van der Waals surface area contributed by atoms with Crippen molar-refractivity contribution >= 4 is 11.5 Å². The highest BCUT2D eigenvalue weighted by Gasteiger charge is 2.25. The Kier molecular flexibility index (Phi) is 3.99. The van der Waals surface area contributed by atoms with Gasteiger partial charge in [0.05, 0.1) is 10.6 Å². The molecule has 0 saturated heterocycles. The van der Waals surface area contributed by atoms with Crippen LogP contribution in [0.3, 0.4) is 0 Å². The first-order chi connectivity index (χ1) is 6.96. The highest BCUT2D eigenvalue weighted by molar-refractivity contribution is 7.05. The monoisotopic (exact) mass is 225 g/mol. The van der Waals surface area contributed by atoms with Gasteiger partial charge in [0.2, 0.25) is 0 Å². The summed E-state index contributed by atoms with van der Waals surface area (Å²) in [5.74, 6) is 0. The van der Waals surface area contributed by atoms with E-state index in [1.165, 1.54) is 11.5 Å². The molecule has 2 N–H and O–H groups in total. The molecule has 0 aromatic carbocycles. The van der Waals surface area contributed by atoms with Gasteiger partial charge in [0.25, 0.3) is 0 Å². The standard InChI is InChI=1S/C11H19N3S/c1-5-6-7-8(12)9-10(11(2,3)4)13-14-15-9/h5,8H,1,6-7,12H2,2-4H3. The second-order valence-corrected chi connectivity index (χ2v) is 5.49. The van der Waals surface area contributed by atoms with E-state index in [2.05, 4.69) is 36.9 Å². The molecule has 0 amide bonds. The topological polar surface area (TPSA) is 51.8 Å². The minimum Gasteiger partial charge on any atom is -0.323 e. The van der Waals surface area contributed by atoms with E-state index in [1.54, 1.807) is 0 Å². The second kappa shape index (κ2) is 4.86. The van der Waals surface area contributed by atoms with Gasteiger partial charge >= 0.3 is 0 Å². The smallest absolute Gasteiger partial charge is 0.0856 e. The van der Waals surface area contributed by atoms with E-state index in [1.807, 2.05) is 6.08 Å². The molecule has 0 aliphatic rings. The van der Waals surface area contributed by atoms with Crippen molar-refractivity contribution in [3.05, 3.63) is 23.2 Å². The third-order valence-electron chi connectivity index (χ3n) is 2.24. The Balaban J connectivity index is 2.85. The molecule has 1 rings (SSSR count). The Morgan fingerprint density at radius 1 is 1.53 bits per heavy atom. The molecular weight excluding hydrogens is 206 g/mol. The van der Waals surface area contributed by atoms with Crippen LogP contribution in [0.5, 0.6) is 0 Å². The van der Waals surface area contributed by atoms with Gasteiger partial charge in [0.15, 0.2) is 0 Å². The Morgan fingerprint density at radius 3 is 2.73 bits per heavy atom. The fourth-order valence-corrected chi connectivity index (χ4v) is 2.29. The van der Waals surface area contributed by atoms with Gasteiger partial charge in [-0.05, 0) is 24.4 Å². The van der Waals surface area contributed by atoms with Crippen LogP contribution in [0, 0.1) is 0 Å². The summed E-state index contributed by atoms with van der Waals surface area (Å²) in [5, 5.41) is 4.18. The summed E-state index contributed by atoms with van der Waals surface area (Å²) in [6, 6.07) is 0.0391. The third kappa shape index (κ3) is 3.11. The summed E-state index contributed by atoms with van der Waals surface area (Å²) in [5.41, 5.74) is 7.16. The summed E-state index contributed by atoms with van der Waals surface area (Å²) < 4.78 is 4.00.